The highest BCUT2D eigenvalue weighted by atomic mass is 32.2. The van der Waals surface area contributed by atoms with Gasteiger partial charge in [0.05, 0.1) is 0 Å². The second-order valence-electron chi connectivity index (χ2n) is 4.09. The molecule has 2 N–H and O–H groups in total. The molecule has 0 aliphatic carbocycles. The fraction of sp³-hybridized carbons (Fsp3) is 0.385. The summed E-state index contributed by atoms with van der Waals surface area (Å²) in [7, 11) is 1.99. The van der Waals surface area contributed by atoms with Gasteiger partial charge in [-0.15, -0.1) is 5.10 Å². The number of H-pyrrole nitrogens is 1. The molecule has 2 rings (SSSR count). The minimum atomic E-state index is 0.369. The van der Waals surface area contributed by atoms with Crippen molar-refractivity contribution in [2.45, 2.75) is 36.4 Å². The summed E-state index contributed by atoms with van der Waals surface area (Å²) in [6.45, 7) is 4.09. The van der Waals surface area contributed by atoms with Gasteiger partial charge in [0, 0.05) is 10.9 Å². The van der Waals surface area contributed by atoms with Crippen molar-refractivity contribution in [1.82, 2.24) is 20.5 Å². The van der Waals surface area contributed by atoms with Crippen molar-refractivity contribution in [3.8, 4) is 0 Å². The molecule has 0 bridgehead atoms. The Hall–Kier alpha value is -1.33. The fourth-order valence-electron chi connectivity index (χ4n) is 1.91. The number of hydrogen-bond acceptors (Lipinski definition) is 4. The van der Waals surface area contributed by atoms with Gasteiger partial charge in [-0.3, -0.25) is 5.10 Å². The molecule has 0 radical (unpaired) electrons. The van der Waals surface area contributed by atoms with E-state index in [1.54, 1.807) is 11.8 Å². The lowest BCUT2D eigenvalue weighted by atomic mass is 10.1. The molecule has 0 amide bonds. The van der Waals surface area contributed by atoms with Crippen LogP contribution in [0.1, 0.15) is 30.8 Å². The third-order valence-corrected chi connectivity index (χ3v) is 3.79. The summed E-state index contributed by atoms with van der Waals surface area (Å²) < 4.78 is 0. The van der Waals surface area contributed by atoms with Crippen LogP contribution in [0.25, 0.3) is 0 Å². The van der Waals surface area contributed by atoms with Crippen LogP contribution in [0.15, 0.2) is 34.3 Å². The van der Waals surface area contributed by atoms with Crippen LogP contribution in [0.5, 0.6) is 0 Å². The van der Waals surface area contributed by atoms with Crippen molar-refractivity contribution in [3.63, 3.8) is 0 Å². The van der Waals surface area contributed by atoms with E-state index in [2.05, 4.69) is 45.6 Å². The number of aryl methyl sites for hydroxylation is 1. The molecule has 0 spiro atoms. The van der Waals surface area contributed by atoms with Crippen molar-refractivity contribution in [3.05, 3.63) is 35.7 Å². The quantitative estimate of drug-likeness (QED) is 0.870. The van der Waals surface area contributed by atoms with Gasteiger partial charge in [-0.1, -0.05) is 25.1 Å². The second kappa shape index (κ2) is 6.02. The molecular weight excluding hydrogens is 244 g/mol. The first-order chi connectivity index (χ1) is 8.74. The molecule has 0 fully saturated rings. The van der Waals surface area contributed by atoms with Crippen LogP contribution in [-0.2, 0) is 0 Å². The van der Waals surface area contributed by atoms with E-state index in [1.165, 1.54) is 10.5 Å². The van der Waals surface area contributed by atoms with E-state index in [0.29, 0.717) is 6.04 Å². The van der Waals surface area contributed by atoms with Gasteiger partial charge in [0.25, 0.3) is 0 Å². The number of benzene rings is 1. The van der Waals surface area contributed by atoms with Gasteiger partial charge >= 0.3 is 0 Å². The van der Waals surface area contributed by atoms with Gasteiger partial charge in [-0.2, -0.15) is 0 Å². The highest BCUT2D eigenvalue weighted by Gasteiger charge is 2.13. The van der Waals surface area contributed by atoms with Gasteiger partial charge in [0.1, 0.15) is 5.82 Å². The summed E-state index contributed by atoms with van der Waals surface area (Å²) in [5.74, 6) is 0.843. The molecule has 1 unspecified atom stereocenters. The number of hydrogen-bond donors (Lipinski definition) is 2. The van der Waals surface area contributed by atoms with Crippen LogP contribution in [0, 0.1) is 6.92 Å². The zero-order valence-corrected chi connectivity index (χ0v) is 11.7. The summed E-state index contributed by atoms with van der Waals surface area (Å²) >= 11 is 1.60. The Balaban J connectivity index is 2.27. The maximum absolute atomic E-state index is 4.33. The Labute approximate surface area is 112 Å². The summed E-state index contributed by atoms with van der Waals surface area (Å²) in [5.41, 5.74) is 1.30. The third kappa shape index (κ3) is 2.91. The molecule has 1 heterocycles. The standard InChI is InChI=1S/C13H18N4S/c1-4-11(14-3)10-7-5-6-8-12(10)18-13-15-9(2)16-17-13/h5-8,11,14H,4H2,1-3H3,(H,15,16,17). The average molecular weight is 262 g/mol. The Morgan fingerprint density at radius 1 is 1.39 bits per heavy atom. The van der Waals surface area contributed by atoms with E-state index in [0.717, 1.165) is 17.4 Å². The molecule has 1 atom stereocenters. The summed E-state index contributed by atoms with van der Waals surface area (Å²) in [6.07, 6.45) is 1.06. The molecule has 1 aromatic heterocycles. The lowest BCUT2D eigenvalue weighted by Crippen LogP contribution is -2.15. The smallest absolute Gasteiger partial charge is 0.213 e. The van der Waals surface area contributed by atoms with Crippen LogP contribution >= 0.6 is 11.8 Å². The van der Waals surface area contributed by atoms with Crippen molar-refractivity contribution < 1.29 is 0 Å². The summed E-state index contributed by atoms with van der Waals surface area (Å²) in [6, 6.07) is 8.77. The van der Waals surface area contributed by atoms with Crippen LogP contribution in [0.3, 0.4) is 0 Å². The molecular formula is C13H18N4S. The minimum Gasteiger partial charge on any atom is -0.313 e. The van der Waals surface area contributed by atoms with Crippen molar-refractivity contribution in [1.29, 1.82) is 0 Å². The lowest BCUT2D eigenvalue weighted by molar-refractivity contribution is 0.568. The Morgan fingerprint density at radius 2 is 2.17 bits per heavy atom. The first-order valence-electron chi connectivity index (χ1n) is 6.07. The van der Waals surface area contributed by atoms with Gasteiger partial charge < -0.3 is 5.32 Å². The molecule has 18 heavy (non-hydrogen) atoms. The van der Waals surface area contributed by atoms with E-state index in [9.17, 15) is 0 Å². The minimum absolute atomic E-state index is 0.369. The molecule has 0 aliphatic rings. The van der Waals surface area contributed by atoms with Crippen LogP contribution in [-0.4, -0.2) is 22.2 Å². The van der Waals surface area contributed by atoms with E-state index >= 15 is 0 Å². The summed E-state index contributed by atoms with van der Waals surface area (Å²) in [4.78, 5) is 5.54. The lowest BCUT2D eigenvalue weighted by Gasteiger charge is -2.17. The number of nitrogens with zero attached hydrogens (tertiary/aromatic N) is 2. The summed E-state index contributed by atoms with van der Waals surface area (Å²) in [5, 5.41) is 11.1. The number of rotatable bonds is 5. The maximum atomic E-state index is 4.33. The van der Waals surface area contributed by atoms with Crippen LogP contribution in [0.2, 0.25) is 0 Å². The van der Waals surface area contributed by atoms with E-state index < -0.39 is 0 Å². The Bertz CT molecular complexity index is 505. The van der Waals surface area contributed by atoms with Crippen molar-refractivity contribution in [2.75, 3.05) is 7.05 Å². The predicted octanol–water partition coefficient (Wildman–Crippen LogP) is 2.93. The van der Waals surface area contributed by atoms with E-state index in [-0.39, 0.29) is 0 Å². The maximum Gasteiger partial charge on any atom is 0.213 e. The third-order valence-electron chi connectivity index (χ3n) is 2.83. The first-order valence-corrected chi connectivity index (χ1v) is 6.89. The molecule has 5 heteroatoms. The Morgan fingerprint density at radius 3 is 2.78 bits per heavy atom. The number of nitrogens with one attached hydrogen (secondary N) is 2. The zero-order chi connectivity index (χ0) is 13.0. The average Bonchev–Trinajstić information content (AvgIpc) is 2.78. The van der Waals surface area contributed by atoms with Gasteiger partial charge in [-0.05, 0) is 43.8 Å². The monoisotopic (exact) mass is 262 g/mol. The molecule has 1 aromatic carbocycles. The molecule has 0 aliphatic heterocycles. The van der Waals surface area contributed by atoms with Crippen molar-refractivity contribution in [2.24, 2.45) is 0 Å². The highest BCUT2D eigenvalue weighted by Crippen LogP contribution is 2.32. The first kappa shape index (κ1) is 13.1. The molecule has 0 saturated carbocycles. The number of aromatic amines is 1. The highest BCUT2D eigenvalue weighted by molar-refractivity contribution is 7.99. The topological polar surface area (TPSA) is 53.6 Å². The van der Waals surface area contributed by atoms with Crippen LogP contribution < -0.4 is 5.32 Å². The van der Waals surface area contributed by atoms with Crippen molar-refractivity contribution >= 4 is 11.8 Å². The van der Waals surface area contributed by atoms with E-state index in [1.807, 2.05) is 20.0 Å². The predicted molar refractivity (Wildman–Crippen MR) is 73.8 cm³/mol. The Kier molecular flexibility index (Phi) is 4.38. The molecule has 96 valence electrons. The fourth-order valence-corrected chi connectivity index (χ4v) is 2.85. The molecule has 4 nitrogen and oxygen atoms in total. The van der Waals surface area contributed by atoms with Gasteiger partial charge in [0.15, 0.2) is 0 Å². The second-order valence-corrected chi connectivity index (χ2v) is 5.10. The molecule has 0 saturated heterocycles. The normalized spacial score (nSPS) is 12.6. The molecule has 2 aromatic rings. The van der Waals surface area contributed by atoms with Gasteiger partial charge in [-0.25, -0.2) is 4.98 Å². The zero-order valence-electron chi connectivity index (χ0n) is 10.9. The number of aromatic nitrogens is 3. The van der Waals surface area contributed by atoms with Crippen LogP contribution in [0.4, 0.5) is 0 Å². The SMILES string of the molecule is CCC(NC)c1ccccc1Sc1n[nH]c(C)n1. The van der Waals surface area contributed by atoms with E-state index in [4.69, 9.17) is 0 Å². The largest absolute Gasteiger partial charge is 0.313 e. The van der Waals surface area contributed by atoms with Gasteiger partial charge in [0.2, 0.25) is 5.16 Å².